The van der Waals surface area contributed by atoms with Crippen LogP contribution in [0.1, 0.15) is 26.2 Å². The van der Waals surface area contributed by atoms with E-state index in [1.165, 1.54) is 24.6 Å². The van der Waals surface area contributed by atoms with Gasteiger partial charge in [-0.1, -0.05) is 31.9 Å². The molecule has 0 aliphatic rings. The highest BCUT2D eigenvalue weighted by atomic mass is 32.2. The van der Waals surface area contributed by atoms with Gasteiger partial charge in [-0.25, -0.2) is 0 Å². The predicted octanol–water partition coefficient (Wildman–Crippen LogP) is 3.84. The highest BCUT2D eigenvalue weighted by Crippen LogP contribution is 2.24. The topological polar surface area (TPSA) is 20.3 Å². The van der Waals surface area contributed by atoms with E-state index in [-0.39, 0.29) is 9.82 Å². The summed E-state index contributed by atoms with van der Waals surface area (Å²) in [4.78, 5) is 13.1. The second-order valence-electron chi connectivity index (χ2n) is 3.45. The van der Waals surface area contributed by atoms with E-state index in [2.05, 4.69) is 19.1 Å². The molecule has 0 aromatic heterocycles. The van der Waals surface area contributed by atoms with Crippen molar-refractivity contribution >= 4 is 28.8 Å². The van der Waals surface area contributed by atoms with Gasteiger partial charge in [0.15, 0.2) is 0 Å². The quantitative estimate of drug-likeness (QED) is 0.404. The molecule has 0 N–H and O–H groups in total. The van der Waals surface area contributed by atoms with Gasteiger partial charge in [-0.3, -0.25) is 4.79 Å². The minimum absolute atomic E-state index is 0.120. The van der Waals surface area contributed by atoms with Crippen molar-refractivity contribution in [1.29, 1.82) is 0 Å². The number of hydrogen-bond donors (Lipinski definition) is 0. The first kappa shape index (κ1) is 14.9. The zero-order valence-electron chi connectivity index (χ0n) is 10.0. The minimum Gasteiger partial charge on any atom is -0.340 e. The van der Waals surface area contributed by atoms with E-state index in [1.807, 2.05) is 6.26 Å². The van der Waals surface area contributed by atoms with E-state index in [4.69, 9.17) is 0 Å². The first-order chi connectivity index (χ1) is 7.11. The summed E-state index contributed by atoms with van der Waals surface area (Å²) >= 11 is 3.08. The van der Waals surface area contributed by atoms with E-state index < -0.39 is 0 Å². The van der Waals surface area contributed by atoms with Crippen LogP contribution in [0.15, 0.2) is 12.2 Å². The maximum Gasteiger partial charge on any atom is 0.282 e. The number of unbranched alkanes of at least 4 members (excludes halogenated alkanes) is 2. The maximum atomic E-state index is 11.4. The average molecular weight is 247 g/mol. The van der Waals surface area contributed by atoms with Crippen molar-refractivity contribution in [2.24, 2.45) is 0 Å². The van der Waals surface area contributed by atoms with Gasteiger partial charge in [0.1, 0.15) is 0 Å². The number of rotatable bonds is 6. The summed E-state index contributed by atoms with van der Waals surface area (Å²) in [6, 6.07) is 0. The van der Waals surface area contributed by atoms with Gasteiger partial charge >= 0.3 is 0 Å². The van der Waals surface area contributed by atoms with Gasteiger partial charge in [-0.05, 0) is 24.4 Å². The van der Waals surface area contributed by atoms with Crippen molar-refractivity contribution in [3.8, 4) is 0 Å². The summed E-state index contributed by atoms with van der Waals surface area (Å²) in [6.45, 7) is 2.18. The maximum absolute atomic E-state index is 11.4. The van der Waals surface area contributed by atoms with Gasteiger partial charge in [-0.15, -0.1) is 11.8 Å². The second-order valence-corrected chi connectivity index (χ2v) is 5.82. The molecule has 2 nitrogen and oxygen atoms in total. The molecule has 0 saturated heterocycles. The molecule has 0 bridgehead atoms. The molecule has 1 unspecified atom stereocenters. The van der Waals surface area contributed by atoms with Gasteiger partial charge in [0.25, 0.3) is 5.24 Å². The van der Waals surface area contributed by atoms with Crippen LogP contribution in [-0.4, -0.2) is 35.1 Å². The van der Waals surface area contributed by atoms with Gasteiger partial charge in [-0.2, -0.15) is 0 Å². The summed E-state index contributed by atoms with van der Waals surface area (Å²) < 4.78 is 0.247. The fraction of sp³-hybridized carbons (Fsp3) is 0.727. The molecule has 0 radical (unpaired) electrons. The Hall–Kier alpha value is -0.0900. The normalized spacial score (nSPS) is 13.1. The molecule has 0 fully saturated rings. The lowest BCUT2D eigenvalue weighted by Crippen LogP contribution is -2.18. The van der Waals surface area contributed by atoms with Crippen LogP contribution >= 0.6 is 23.5 Å². The molecular weight excluding hydrogens is 226 g/mol. The van der Waals surface area contributed by atoms with E-state index in [0.717, 1.165) is 6.42 Å². The van der Waals surface area contributed by atoms with E-state index >= 15 is 0 Å². The standard InChI is InChI=1S/C11H21NOS2/c1-5-6-7-8-9-10(14-4)15-11(13)12(2)3/h8-10H,5-7H2,1-4H3/b9-8+. The van der Waals surface area contributed by atoms with Crippen molar-refractivity contribution < 1.29 is 4.79 Å². The highest BCUT2D eigenvalue weighted by molar-refractivity contribution is 8.24. The third-order valence-corrected chi connectivity index (χ3v) is 4.28. The zero-order chi connectivity index (χ0) is 11.7. The fourth-order valence-corrected chi connectivity index (χ4v) is 2.40. The summed E-state index contributed by atoms with van der Waals surface area (Å²) in [5.74, 6) is 0. The van der Waals surface area contributed by atoms with Gasteiger partial charge in [0.05, 0.1) is 4.58 Å². The van der Waals surface area contributed by atoms with Crippen molar-refractivity contribution in [2.75, 3.05) is 20.4 Å². The Bertz CT molecular complexity index is 205. The number of allylic oxidation sites excluding steroid dienone is 1. The summed E-state index contributed by atoms with van der Waals surface area (Å²) in [6.07, 6.45) is 9.91. The Labute approximate surface area is 102 Å². The van der Waals surface area contributed by atoms with Crippen LogP contribution in [0, 0.1) is 0 Å². The Morgan fingerprint density at radius 1 is 1.47 bits per heavy atom. The van der Waals surface area contributed by atoms with E-state index in [9.17, 15) is 4.79 Å². The molecule has 0 aliphatic heterocycles. The Kier molecular flexibility index (Phi) is 9.10. The third kappa shape index (κ3) is 7.79. The first-order valence-corrected chi connectivity index (χ1v) is 7.36. The number of carbonyl (C=O) groups is 1. The van der Waals surface area contributed by atoms with Gasteiger partial charge in [0, 0.05) is 14.1 Å². The second kappa shape index (κ2) is 9.16. The molecule has 0 rings (SSSR count). The molecular formula is C11H21NOS2. The SMILES string of the molecule is CCCC/C=C/C(SC)SC(=O)N(C)C. The lowest BCUT2D eigenvalue weighted by Gasteiger charge is -2.13. The minimum atomic E-state index is 0.120. The molecule has 0 aliphatic carbocycles. The first-order valence-electron chi connectivity index (χ1n) is 5.19. The molecule has 1 amide bonds. The number of amides is 1. The van der Waals surface area contributed by atoms with Crippen LogP contribution in [0.4, 0.5) is 4.79 Å². The Balaban J connectivity index is 3.92. The summed E-state index contributed by atoms with van der Waals surface area (Å²) in [5.41, 5.74) is 0. The van der Waals surface area contributed by atoms with Crippen LogP contribution in [0.5, 0.6) is 0 Å². The van der Waals surface area contributed by atoms with Crippen molar-refractivity contribution in [2.45, 2.75) is 30.8 Å². The molecule has 1 atom stereocenters. The van der Waals surface area contributed by atoms with Crippen LogP contribution < -0.4 is 0 Å². The monoisotopic (exact) mass is 247 g/mol. The lowest BCUT2D eigenvalue weighted by molar-refractivity contribution is 0.241. The van der Waals surface area contributed by atoms with Crippen LogP contribution in [0.2, 0.25) is 0 Å². The highest BCUT2D eigenvalue weighted by Gasteiger charge is 2.11. The van der Waals surface area contributed by atoms with Crippen molar-refractivity contribution in [3.05, 3.63) is 12.2 Å². The van der Waals surface area contributed by atoms with E-state index in [0.29, 0.717) is 0 Å². The number of carbonyl (C=O) groups excluding carboxylic acids is 1. The van der Waals surface area contributed by atoms with Crippen LogP contribution in [0.3, 0.4) is 0 Å². The summed E-state index contributed by atoms with van der Waals surface area (Å²) in [7, 11) is 3.57. The van der Waals surface area contributed by atoms with Crippen molar-refractivity contribution in [1.82, 2.24) is 4.90 Å². The van der Waals surface area contributed by atoms with Crippen LogP contribution in [-0.2, 0) is 0 Å². The third-order valence-electron chi connectivity index (χ3n) is 1.83. The molecule has 0 heterocycles. The fourth-order valence-electron chi connectivity index (χ4n) is 0.900. The molecule has 0 aromatic rings. The number of nitrogens with zero attached hydrogens (tertiary/aromatic N) is 1. The Morgan fingerprint density at radius 2 is 2.13 bits per heavy atom. The lowest BCUT2D eigenvalue weighted by atomic mass is 10.2. The molecule has 0 saturated carbocycles. The smallest absolute Gasteiger partial charge is 0.282 e. The van der Waals surface area contributed by atoms with E-state index in [1.54, 1.807) is 30.8 Å². The van der Waals surface area contributed by atoms with Crippen molar-refractivity contribution in [3.63, 3.8) is 0 Å². The zero-order valence-corrected chi connectivity index (χ0v) is 11.7. The van der Waals surface area contributed by atoms with Crippen LogP contribution in [0.25, 0.3) is 0 Å². The van der Waals surface area contributed by atoms with Gasteiger partial charge in [0.2, 0.25) is 0 Å². The molecule has 4 heteroatoms. The number of thioether (sulfide) groups is 2. The molecule has 0 aromatic carbocycles. The largest absolute Gasteiger partial charge is 0.340 e. The van der Waals surface area contributed by atoms with Gasteiger partial charge < -0.3 is 4.90 Å². The Morgan fingerprint density at radius 3 is 2.60 bits per heavy atom. The predicted molar refractivity (Wildman–Crippen MR) is 72.6 cm³/mol. The average Bonchev–Trinajstić information content (AvgIpc) is 2.22. The molecule has 0 spiro atoms. The summed E-state index contributed by atoms with van der Waals surface area (Å²) in [5, 5.41) is 0.120. The molecule has 88 valence electrons. The number of hydrogen-bond acceptors (Lipinski definition) is 3. The molecule has 15 heavy (non-hydrogen) atoms.